The summed E-state index contributed by atoms with van der Waals surface area (Å²) in [5.74, 6) is 0.443. The molecule has 2 aromatic heterocycles. The maximum Gasteiger partial charge on any atom is 0.151 e. The van der Waals surface area contributed by atoms with Crippen molar-refractivity contribution >= 4 is 16.9 Å². The Morgan fingerprint density at radius 2 is 2.41 bits per heavy atom. The molecule has 0 radical (unpaired) electrons. The molecular weight excluding hydrogens is 220 g/mol. The van der Waals surface area contributed by atoms with Crippen LogP contribution in [0, 0.1) is 0 Å². The minimum Gasteiger partial charge on any atom is -0.394 e. The number of anilines is 1. The van der Waals surface area contributed by atoms with Gasteiger partial charge in [0.15, 0.2) is 5.82 Å². The average molecular weight is 234 g/mol. The number of hydrogen-bond acceptors (Lipinski definition) is 5. The van der Waals surface area contributed by atoms with Gasteiger partial charge in [-0.3, -0.25) is 0 Å². The van der Waals surface area contributed by atoms with Gasteiger partial charge < -0.3 is 20.1 Å². The van der Waals surface area contributed by atoms with Gasteiger partial charge in [-0.2, -0.15) is 0 Å². The smallest absolute Gasteiger partial charge is 0.151 e. The zero-order valence-corrected chi connectivity index (χ0v) is 9.28. The summed E-state index contributed by atoms with van der Waals surface area (Å²) in [6.07, 6.45) is 4.16. The molecule has 6 heteroatoms. The lowest BCUT2D eigenvalue weighted by atomic mass is 10.2. The fourth-order valence-electron chi connectivity index (χ4n) is 2.28. The molecule has 2 aromatic rings. The molecule has 0 saturated carbocycles. The van der Waals surface area contributed by atoms with E-state index in [4.69, 9.17) is 15.6 Å². The second kappa shape index (κ2) is 3.97. The summed E-state index contributed by atoms with van der Waals surface area (Å²) in [6, 6.07) is 2.10. The minimum absolute atomic E-state index is 0.0623. The van der Waals surface area contributed by atoms with Crippen LogP contribution in [0.2, 0.25) is 0 Å². The van der Waals surface area contributed by atoms with Gasteiger partial charge in [0, 0.05) is 6.20 Å². The summed E-state index contributed by atoms with van der Waals surface area (Å²) < 4.78 is 7.52. The van der Waals surface area contributed by atoms with Crippen molar-refractivity contribution in [3.63, 3.8) is 0 Å². The predicted molar refractivity (Wildman–Crippen MR) is 62.4 cm³/mol. The summed E-state index contributed by atoms with van der Waals surface area (Å²) in [4.78, 5) is 8.28. The first-order valence-electron chi connectivity index (χ1n) is 5.59. The number of nitrogens with zero attached hydrogens (tertiary/aromatic N) is 3. The van der Waals surface area contributed by atoms with Gasteiger partial charge in [0.1, 0.15) is 5.52 Å². The highest BCUT2D eigenvalue weighted by molar-refractivity contribution is 5.84. The van der Waals surface area contributed by atoms with Crippen LogP contribution in [0.3, 0.4) is 0 Å². The Labute approximate surface area is 98.0 Å². The number of aliphatic hydroxyl groups is 1. The van der Waals surface area contributed by atoms with Crippen molar-refractivity contribution in [3.05, 3.63) is 18.6 Å². The second-order valence-electron chi connectivity index (χ2n) is 4.24. The quantitative estimate of drug-likeness (QED) is 0.782. The number of hydrogen-bond donors (Lipinski definition) is 2. The van der Waals surface area contributed by atoms with E-state index in [1.165, 1.54) is 0 Å². The SMILES string of the molecule is Nc1nccc2c1ncn2[C@H]1CO[C@@H](CO)C1. The molecule has 0 unspecified atom stereocenters. The van der Waals surface area contributed by atoms with Crippen molar-refractivity contribution in [2.24, 2.45) is 0 Å². The molecule has 1 saturated heterocycles. The van der Waals surface area contributed by atoms with Gasteiger partial charge in [-0.25, -0.2) is 9.97 Å². The zero-order valence-electron chi connectivity index (χ0n) is 9.28. The number of ether oxygens (including phenoxy) is 1. The largest absolute Gasteiger partial charge is 0.394 e. The Balaban J connectivity index is 1.99. The highest BCUT2D eigenvalue weighted by atomic mass is 16.5. The molecule has 0 aromatic carbocycles. The van der Waals surface area contributed by atoms with E-state index in [2.05, 4.69) is 9.97 Å². The molecule has 1 aliphatic heterocycles. The van der Waals surface area contributed by atoms with E-state index in [9.17, 15) is 0 Å². The Bertz CT molecular complexity index is 539. The number of rotatable bonds is 2. The lowest BCUT2D eigenvalue weighted by Gasteiger charge is -2.10. The molecule has 0 amide bonds. The summed E-state index contributed by atoms with van der Waals surface area (Å²) >= 11 is 0. The molecular formula is C11H14N4O2. The summed E-state index contributed by atoms with van der Waals surface area (Å²) in [5, 5.41) is 9.06. The number of pyridine rings is 1. The van der Waals surface area contributed by atoms with Gasteiger partial charge in [0.05, 0.1) is 37.2 Å². The molecule has 1 aliphatic rings. The first kappa shape index (κ1) is 10.5. The molecule has 90 valence electrons. The predicted octanol–water partition coefficient (Wildman–Crippen LogP) is 0.336. The lowest BCUT2D eigenvalue weighted by Crippen LogP contribution is -2.11. The van der Waals surface area contributed by atoms with E-state index in [1.807, 2.05) is 10.6 Å². The van der Waals surface area contributed by atoms with Gasteiger partial charge in [-0.05, 0) is 12.5 Å². The number of nitrogen functional groups attached to an aromatic ring is 1. The van der Waals surface area contributed by atoms with Crippen molar-refractivity contribution in [2.45, 2.75) is 18.6 Å². The Kier molecular flexibility index (Phi) is 2.45. The van der Waals surface area contributed by atoms with Gasteiger partial charge in [-0.1, -0.05) is 0 Å². The van der Waals surface area contributed by atoms with Crippen molar-refractivity contribution in [1.29, 1.82) is 0 Å². The van der Waals surface area contributed by atoms with Crippen molar-refractivity contribution in [2.75, 3.05) is 18.9 Å². The van der Waals surface area contributed by atoms with E-state index in [1.54, 1.807) is 12.5 Å². The Morgan fingerprint density at radius 1 is 1.53 bits per heavy atom. The molecule has 3 N–H and O–H groups in total. The molecule has 6 nitrogen and oxygen atoms in total. The zero-order chi connectivity index (χ0) is 11.8. The lowest BCUT2D eigenvalue weighted by molar-refractivity contribution is 0.0576. The van der Waals surface area contributed by atoms with Gasteiger partial charge >= 0.3 is 0 Å². The maximum absolute atomic E-state index is 9.06. The van der Waals surface area contributed by atoms with Crippen molar-refractivity contribution in [3.8, 4) is 0 Å². The Morgan fingerprint density at radius 3 is 3.18 bits per heavy atom. The standard InChI is InChI=1S/C11H14N4O2/c12-11-10-9(1-2-13-11)15(6-14-10)7-3-8(4-16)17-5-7/h1-2,6-8,16H,3-5H2,(H2,12,13)/t7-,8-/m1/s1. The molecule has 0 spiro atoms. The van der Waals surface area contributed by atoms with Crippen molar-refractivity contribution < 1.29 is 9.84 Å². The highest BCUT2D eigenvalue weighted by Crippen LogP contribution is 2.28. The maximum atomic E-state index is 9.06. The third kappa shape index (κ3) is 1.65. The third-order valence-electron chi connectivity index (χ3n) is 3.18. The van der Waals surface area contributed by atoms with Crippen LogP contribution in [0.5, 0.6) is 0 Å². The number of nitrogens with two attached hydrogens (primary N) is 1. The van der Waals surface area contributed by atoms with Crippen LogP contribution >= 0.6 is 0 Å². The summed E-state index contributed by atoms with van der Waals surface area (Å²) in [5.41, 5.74) is 7.45. The first-order chi connectivity index (χ1) is 8.29. The minimum atomic E-state index is -0.0726. The normalized spacial score (nSPS) is 24.5. The van der Waals surface area contributed by atoms with Gasteiger partial charge in [0.2, 0.25) is 0 Å². The molecule has 0 bridgehead atoms. The number of fused-ring (bicyclic) bond motifs is 1. The van der Waals surface area contributed by atoms with Crippen molar-refractivity contribution in [1.82, 2.24) is 14.5 Å². The molecule has 3 rings (SSSR count). The Hall–Kier alpha value is -1.66. The monoisotopic (exact) mass is 234 g/mol. The van der Waals surface area contributed by atoms with E-state index in [0.29, 0.717) is 12.4 Å². The van der Waals surface area contributed by atoms with Crippen LogP contribution in [0.15, 0.2) is 18.6 Å². The first-order valence-corrected chi connectivity index (χ1v) is 5.59. The van der Waals surface area contributed by atoms with Crippen LogP contribution in [0.4, 0.5) is 5.82 Å². The van der Waals surface area contributed by atoms with Gasteiger partial charge in [-0.15, -0.1) is 0 Å². The summed E-state index contributed by atoms with van der Waals surface area (Å²) in [7, 11) is 0. The molecule has 1 fully saturated rings. The van der Waals surface area contributed by atoms with Gasteiger partial charge in [0.25, 0.3) is 0 Å². The van der Waals surface area contributed by atoms with Crippen LogP contribution < -0.4 is 5.73 Å². The number of aliphatic hydroxyl groups excluding tert-OH is 1. The number of aromatic nitrogens is 3. The average Bonchev–Trinajstić information content (AvgIpc) is 2.94. The summed E-state index contributed by atoms with van der Waals surface area (Å²) in [6.45, 7) is 0.658. The fraction of sp³-hybridized carbons (Fsp3) is 0.455. The van der Waals surface area contributed by atoms with Crippen LogP contribution in [-0.4, -0.2) is 39.0 Å². The van der Waals surface area contributed by atoms with Crippen LogP contribution in [0.1, 0.15) is 12.5 Å². The molecule has 0 aliphatic carbocycles. The van der Waals surface area contributed by atoms with Crippen LogP contribution in [-0.2, 0) is 4.74 Å². The third-order valence-corrected chi connectivity index (χ3v) is 3.18. The molecule has 3 heterocycles. The topological polar surface area (TPSA) is 86.2 Å². The molecule has 17 heavy (non-hydrogen) atoms. The number of imidazole rings is 1. The highest BCUT2D eigenvalue weighted by Gasteiger charge is 2.27. The molecule has 2 atom stereocenters. The second-order valence-corrected chi connectivity index (χ2v) is 4.24. The van der Waals surface area contributed by atoms with E-state index in [0.717, 1.165) is 17.5 Å². The van der Waals surface area contributed by atoms with E-state index in [-0.39, 0.29) is 18.8 Å². The van der Waals surface area contributed by atoms with E-state index >= 15 is 0 Å². The fourth-order valence-corrected chi connectivity index (χ4v) is 2.28. The van der Waals surface area contributed by atoms with E-state index < -0.39 is 0 Å². The van der Waals surface area contributed by atoms with Crippen LogP contribution in [0.25, 0.3) is 11.0 Å².